The fourth-order valence-electron chi connectivity index (χ4n) is 3.07. The minimum Gasteiger partial charge on any atom is -0.456 e. The number of rotatable bonds is 2. The predicted molar refractivity (Wildman–Crippen MR) is 83.2 cm³/mol. The van der Waals surface area contributed by atoms with Crippen LogP contribution in [0.25, 0.3) is 21.9 Å². The van der Waals surface area contributed by atoms with Gasteiger partial charge in [0.15, 0.2) is 0 Å². The lowest BCUT2D eigenvalue weighted by atomic mass is 10.1. The molecule has 4 rings (SSSR count). The van der Waals surface area contributed by atoms with E-state index in [1.165, 1.54) is 0 Å². The van der Waals surface area contributed by atoms with Crippen molar-refractivity contribution in [2.45, 2.75) is 6.42 Å². The molecule has 2 aromatic carbocycles. The molecule has 1 aliphatic rings. The van der Waals surface area contributed by atoms with Crippen molar-refractivity contribution >= 4 is 33.5 Å². The summed E-state index contributed by atoms with van der Waals surface area (Å²) in [6.07, 6.45) is 0.536. The van der Waals surface area contributed by atoms with Crippen LogP contribution in [-0.4, -0.2) is 19.0 Å². The van der Waals surface area contributed by atoms with Crippen LogP contribution >= 0.6 is 0 Å². The number of hydrogen-bond acceptors (Lipinski definition) is 3. The van der Waals surface area contributed by atoms with Crippen molar-refractivity contribution in [2.75, 3.05) is 18.0 Å². The van der Waals surface area contributed by atoms with Crippen LogP contribution in [0.1, 0.15) is 6.42 Å². The maximum absolute atomic E-state index is 12.1. The summed E-state index contributed by atoms with van der Waals surface area (Å²) in [5, 5.41) is 2.18. The smallest absolute Gasteiger partial charge is 0.227 e. The zero-order chi connectivity index (χ0) is 14.4. The van der Waals surface area contributed by atoms with Crippen LogP contribution in [-0.2, 0) is 4.79 Å². The van der Waals surface area contributed by atoms with Crippen molar-refractivity contribution in [3.63, 3.8) is 0 Å². The number of anilines is 1. The number of carbonyl (C=O) groups excluding carboxylic acids is 1. The Balaban J connectivity index is 1.80. The molecule has 2 N–H and O–H groups in total. The highest BCUT2D eigenvalue weighted by Crippen LogP contribution is 2.33. The predicted octanol–water partition coefficient (Wildman–Crippen LogP) is 2.90. The van der Waals surface area contributed by atoms with Gasteiger partial charge in [0.2, 0.25) is 5.91 Å². The Bertz CT molecular complexity index is 837. The van der Waals surface area contributed by atoms with Gasteiger partial charge in [0.05, 0.1) is 0 Å². The minimum absolute atomic E-state index is 0.140. The van der Waals surface area contributed by atoms with Gasteiger partial charge in [-0.3, -0.25) is 4.79 Å². The van der Waals surface area contributed by atoms with Crippen molar-refractivity contribution in [3.05, 3.63) is 42.5 Å². The van der Waals surface area contributed by atoms with Crippen molar-refractivity contribution in [1.82, 2.24) is 0 Å². The molecular weight excluding hydrogens is 264 g/mol. The SMILES string of the molecule is NCC1CC(=O)N(c2ccc3c(c2)oc2ccccc23)C1. The van der Waals surface area contributed by atoms with Gasteiger partial charge in [0.1, 0.15) is 11.2 Å². The minimum atomic E-state index is 0.140. The van der Waals surface area contributed by atoms with Crippen LogP contribution in [0.15, 0.2) is 46.9 Å². The van der Waals surface area contributed by atoms with Gasteiger partial charge >= 0.3 is 0 Å². The van der Waals surface area contributed by atoms with E-state index < -0.39 is 0 Å². The van der Waals surface area contributed by atoms with Gasteiger partial charge in [-0.1, -0.05) is 18.2 Å². The van der Waals surface area contributed by atoms with E-state index in [1.54, 1.807) is 0 Å². The molecule has 0 bridgehead atoms. The number of fused-ring (bicyclic) bond motifs is 3. The van der Waals surface area contributed by atoms with E-state index in [-0.39, 0.29) is 11.8 Å². The highest BCUT2D eigenvalue weighted by atomic mass is 16.3. The van der Waals surface area contributed by atoms with E-state index in [2.05, 4.69) is 0 Å². The zero-order valence-corrected chi connectivity index (χ0v) is 11.6. The lowest BCUT2D eigenvalue weighted by molar-refractivity contribution is -0.117. The Hall–Kier alpha value is -2.33. The van der Waals surface area contributed by atoms with E-state index >= 15 is 0 Å². The maximum atomic E-state index is 12.1. The Morgan fingerprint density at radius 3 is 2.76 bits per heavy atom. The van der Waals surface area contributed by atoms with Crippen molar-refractivity contribution in [2.24, 2.45) is 11.7 Å². The summed E-state index contributed by atoms with van der Waals surface area (Å²) in [4.78, 5) is 13.9. The molecule has 1 atom stereocenters. The summed E-state index contributed by atoms with van der Waals surface area (Å²) < 4.78 is 5.88. The molecule has 1 saturated heterocycles. The summed E-state index contributed by atoms with van der Waals surface area (Å²) in [5.74, 6) is 0.393. The molecule has 4 nitrogen and oxygen atoms in total. The van der Waals surface area contributed by atoms with Crippen molar-refractivity contribution in [1.29, 1.82) is 0 Å². The first kappa shape index (κ1) is 12.4. The average Bonchev–Trinajstić information content (AvgIpc) is 3.06. The first-order chi connectivity index (χ1) is 10.3. The van der Waals surface area contributed by atoms with Gasteiger partial charge in [-0.2, -0.15) is 0 Å². The van der Waals surface area contributed by atoms with E-state index in [4.69, 9.17) is 10.2 Å². The average molecular weight is 280 g/mol. The Morgan fingerprint density at radius 1 is 1.14 bits per heavy atom. The Labute approximate surface area is 122 Å². The monoisotopic (exact) mass is 280 g/mol. The molecule has 1 amide bonds. The molecule has 21 heavy (non-hydrogen) atoms. The summed E-state index contributed by atoms with van der Waals surface area (Å²) in [6, 6.07) is 13.9. The number of nitrogens with two attached hydrogens (primary N) is 1. The van der Waals surface area contributed by atoms with Gasteiger partial charge in [-0.15, -0.1) is 0 Å². The second kappa shape index (κ2) is 4.60. The number of amides is 1. The summed E-state index contributed by atoms with van der Waals surface area (Å²) in [5.41, 5.74) is 8.26. The second-order valence-electron chi connectivity index (χ2n) is 5.59. The van der Waals surface area contributed by atoms with Crippen LogP contribution in [0.4, 0.5) is 5.69 Å². The topological polar surface area (TPSA) is 59.5 Å². The molecule has 0 spiro atoms. The Kier molecular flexibility index (Phi) is 2.72. The molecule has 0 radical (unpaired) electrons. The van der Waals surface area contributed by atoms with Crippen LogP contribution in [0.3, 0.4) is 0 Å². The van der Waals surface area contributed by atoms with E-state index in [9.17, 15) is 4.79 Å². The standard InChI is InChI=1S/C17H16N2O2/c18-9-11-7-17(20)19(10-11)12-5-6-14-13-3-1-2-4-15(13)21-16(14)8-12/h1-6,8,11H,7,9-10,18H2. The number of furan rings is 1. The first-order valence-electron chi connectivity index (χ1n) is 7.18. The molecule has 106 valence electrons. The highest BCUT2D eigenvalue weighted by molar-refractivity contribution is 6.06. The molecule has 1 aromatic heterocycles. The third-order valence-corrected chi connectivity index (χ3v) is 4.21. The maximum Gasteiger partial charge on any atom is 0.227 e. The third kappa shape index (κ3) is 1.91. The van der Waals surface area contributed by atoms with Gasteiger partial charge in [0, 0.05) is 35.5 Å². The molecular formula is C17H16N2O2. The quantitative estimate of drug-likeness (QED) is 0.785. The second-order valence-corrected chi connectivity index (χ2v) is 5.59. The normalized spacial score (nSPS) is 19.0. The fraction of sp³-hybridized carbons (Fsp3) is 0.235. The largest absolute Gasteiger partial charge is 0.456 e. The van der Waals surface area contributed by atoms with Gasteiger partial charge < -0.3 is 15.1 Å². The summed E-state index contributed by atoms with van der Waals surface area (Å²) >= 11 is 0. The lowest BCUT2D eigenvalue weighted by Crippen LogP contribution is -2.25. The number of hydrogen-bond donors (Lipinski definition) is 1. The summed E-state index contributed by atoms with van der Waals surface area (Å²) in [7, 11) is 0. The van der Waals surface area contributed by atoms with Crippen molar-refractivity contribution < 1.29 is 9.21 Å². The fourth-order valence-corrected chi connectivity index (χ4v) is 3.07. The van der Waals surface area contributed by atoms with Crippen molar-refractivity contribution in [3.8, 4) is 0 Å². The molecule has 0 saturated carbocycles. The van der Waals surface area contributed by atoms with E-state index in [0.29, 0.717) is 19.5 Å². The number of nitrogens with zero attached hydrogens (tertiary/aromatic N) is 1. The van der Waals surface area contributed by atoms with Crippen LogP contribution in [0.2, 0.25) is 0 Å². The lowest BCUT2D eigenvalue weighted by Gasteiger charge is -2.16. The molecule has 3 aromatic rings. The van der Waals surface area contributed by atoms with Crippen LogP contribution in [0, 0.1) is 5.92 Å². The number of carbonyl (C=O) groups is 1. The Morgan fingerprint density at radius 2 is 1.95 bits per heavy atom. The van der Waals surface area contributed by atoms with Crippen LogP contribution in [0.5, 0.6) is 0 Å². The molecule has 2 heterocycles. The first-order valence-corrected chi connectivity index (χ1v) is 7.18. The van der Waals surface area contributed by atoms with Crippen LogP contribution < -0.4 is 10.6 Å². The van der Waals surface area contributed by atoms with Gasteiger partial charge in [-0.05, 0) is 30.7 Å². The number of para-hydroxylation sites is 1. The third-order valence-electron chi connectivity index (χ3n) is 4.21. The highest BCUT2D eigenvalue weighted by Gasteiger charge is 2.29. The van der Waals surface area contributed by atoms with Gasteiger partial charge in [-0.25, -0.2) is 0 Å². The summed E-state index contributed by atoms with van der Waals surface area (Å²) in [6.45, 7) is 1.25. The zero-order valence-electron chi connectivity index (χ0n) is 11.6. The molecule has 4 heteroatoms. The van der Waals surface area contributed by atoms with E-state index in [1.807, 2.05) is 47.4 Å². The molecule has 1 fully saturated rings. The van der Waals surface area contributed by atoms with E-state index in [0.717, 1.165) is 27.6 Å². The molecule has 0 aliphatic carbocycles. The molecule has 1 unspecified atom stereocenters. The number of benzene rings is 2. The molecule has 1 aliphatic heterocycles. The van der Waals surface area contributed by atoms with Gasteiger partial charge in [0.25, 0.3) is 0 Å².